The molecule has 0 unspecified atom stereocenters. The molecule has 1 heterocycles. The van der Waals surface area contributed by atoms with Gasteiger partial charge in [0, 0.05) is 13.6 Å². The fraction of sp³-hybridized carbons (Fsp3) is 0.222. The van der Waals surface area contributed by atoms with Crippen molar-refractivity contribution in [1.29, 1.82) is 0 Å². The maximum atomic E-state index is 14.0. The molecule has 0 bridgehead atoms. The van der Waals surface area contributed by atoms with Gasteiger partial charge in [-0.15, -0.1) is 0 Å². The number of hydrogen-bond acceptors (Lipinski definition) is 5. The average molecular weight is 492 g/mol. The predicted molar refractivity (Wildman–Crippen MR) is 137 cm³/mol. The van der Waals surface area contributed by atoms with Gasteiger partial charge in [-0.1, -0.05) is 36.0 Å². The van der Waals surface area contributed by atoms with Crippen molar-refractivity contribution < 1.29 is 13.9 Å². The first kappa shape index (κ1) is 24.5. The van der Waals surface area contributed by atoms with Gasteiger partial charge in [0.15, 0.2) is 16.7 Å². The van der Waals surface area contributed by atoms with E-state index in [1.165, 1.54) is 29.8 Å². The molecule has 6 nitrogen and oxygen atoms in total. The average Bonchev–Trinajstić information content (AvgIpc) is 2.82. The van der Waals surface area contributed by atoms with Crippen molar-refractivity contribution in [2.24, 2.45) is 0 Å². The Balaban J connectivity index is 1.61. The first-order chi connectivity index (χ1) is 16.8. The molecule has 1 amide bonds. The van der Waals surface area contributed by atoms with E-state index in [9.17, 15) is 14.0 Å². The normalized spacial score (nSPS) is 11.0. The molecule has 0 atom stereocenters. The van der Waals surface area contributed by atoms with Gasteiger partial charge < -0.3 is 9.64 Å². The third kappa shape index (κ3) is 5.38. The Kier molecular flexibility index (Phi) is 7.21. The summed E-state index contributed by atoms with van der Waals surface area (Å²) in [5.41, 5.74) is 3.81. The van der Waals surface area contributed by atoms with E-state index < -0.39 is 5.82 Å². The van der Waals surface area contributed by atoms with Crippen LogP contribution < -0.4 is 10.3 Å². The van der Waals surface area contributed by atoms with Crippen LogP contribution in [0.1, 0.15) is 16.7 Å². The van der Waals surface area contributed by atoms with Crippen molar-refractivity contribution in [3.8, 4) is 11.4 Å². The maximum absolute atomic E-state index is 14.0. The van der Waals surface area contributed by atoms with Gasteiger partial charge in [-0.05, 0) is 66.9 Å². The second-order valence-electron chi connectivity index (χ2n) is 8.41. The smallest absolute Gasteiger partial charge is 0.266 e. The van der Waals surface area contributed by atoms with Gasteiger partial charge in [0.2, 0.25) is 5.91 Å². The second kappa shape index (κ2) is 10.3. The molecule has 1 aromatic heterocycles. The molecule has 0 fully saturated rings. The van der Waals surface area contributed by atoms with Crippen molar-refractivity contribution in [3.05, 3.63) is 93.5 Å². The molecule has 3 aromatic carbocycles. The van der Waals surface area contributed by atoms with Crippen molar-refractivity contribution in [2.75, 3.05) is 19.9 Å². The number of thioether (sulfide) groups is 1. The summed E-state index contributed by atoms with van der Waals surface area (Å²) in [4.78, 5) is 32.6. The van der Waals surface area contributed by atoms with E-state index in [-0.39, 0.29) is 29.5 Å². The second-order valence-corrected chi connectivity index (χ2v) is 9.35. The Labute approximate surface area is 207 Å². The van der Waals surface area contributed by atoms with Gasteiger partial charge in [-0.2, -0.15) is 0 Å². The number of aromatic nitrogens is 2. The number of methoxy groups -OCH3 is 1. The zero-order chi connectivity index (χ0) is 25.1. The van der Waals surface area contributed by atoms with Crippen LogP contribution in [0.15, 0.2) is 70.6 Å². The van der Waals surface area contributed by atoms with E-state index in [0.29, 0.717) is 27.3 Å². The van der Waals surface area contributed by atoms with E-state index in [4.69, 9.17) is 9.72 Å². The molecule has 0 aliphatic heterocycles. The molecule has 0 radical (unpaired) electrons. The lowest BCUT2D eigenvalue weighted by Crippen LogP contribution is -2.28. The number of fused-ring (bicyclic) bond motifs is 1. The van der Waals surface area contributed by atoms with Gasteiger partial charge in [-0.3, -0.25) is 14.2 Å². The first-order valence-electron chi connectivity index (χ1n) is 11.1. The number of nitrogens with zero attached hydrogens (tertiary/aromatic N) is 3. The molecular formula is C27H26FN3O3S. The number of halogens is 1. The molecule has 0 spiro atoms. The Hall–Kier alpha value is -3.65. The van der Waals surface area contributed by atoms with Gasteiger partial charge in [0.1, 0.15) is 0 Å². The lowest BCUT2D eigenvalue weighted by molar-refractivity contribution is -0.127. The Morgan fingerprint density at radius 1 is 1.09 bits per heavy atom. The molecule has 0 saturated heterocycles. The minimum absolute atomic E-state index is 0.0741. The fourth-order valence-electron chi connectivity index (χ4n) is 3.92. The van der Waals surface area contributed by atoms with E-state index in [2.05, 4.69) is 0 Å². The summed E-state index contributed by atoms with van der Waals surface area (Å²) in [5, 5.41) is 0.955. The van der Waals surface area contributed by atoms with Crippen molar-refractivity contribution in [2.45, 2.75) is 25.5 Å². The monoisotopic (exact) mass is 491 g/mol. The fourth-order valence-corrected chi connectivity index (χ4v) is 4.88. The molecule has 35 heavy (non-hydrogen) atoms. The summed E-state index contributed by atoms with van der Waals surface area (Å²) in [5.74, 6) is -0.409. The predicted octanol–water partition coefficient (Wildman–Crippen LogP) is 4.90. The summed E-state index contributed by atoms with van der Waals surface area (Å²) >= 11 is 1.21. The maximum Gasteiger partial charge on any atom is 0.266 e. The number of ether oxygens (including phenoxy) is 1. The molecule has 0 aliphatic carbocycles. The third-order valence-corrected chi connectivity index (χ3v) is 6.52. The van der Waals surface area contributed by atoms with Gasteiger partial charge in [0.25, 0.3) is 5.56 Å². The number of benzene rings is 3. The SMILES string of the molecule is COc1ccc(CN(C)C(=O)CSc2nc3ccccc3c(=O)n2-c2cc(C)cc(C)c2)cc1F. The van der Waals surface area contributed by atoms with Crippen LogP contribution in [0, 0.1) is 19.7 Å². The molecule has 0 aliphatic rings. The van der Waals surface area contributed by atoms with Crippen LogP contribution >= 0.6 is 11.8 Å². The summed E-state index contributed by atoms with van der Waals surface area (Å²) in [6, 6.07) is 17.7. The molecule has 4 aromatic rings. The van der Waals surface area contributed by atoms with E-state index in [1.54, 1.807) is 35.9 Å². The minimum Gasteiger partial charge on any atom is -0.494 e. The van der Waals surface area contributed by atoms with E-state index >= 15 is 0 Å². The Bertz CT molecular complexity index is 1450. The number of amides is 1. The van der Waals surface area contributed by atoms with Crippen LogP contribution in [0.2, 0.25) is 0 Å². The van der Waals surface area contributed by atoms with Gasteiger partial charge in [0.05, 0.1) is 29.5 Å². The quantitative estimate of drug-likeness (QED) is 0.272. The van der Waals surface area contributed by atoms with E-state index in [1.807, 2.05) is 44.2 Å². The van der Waals surface area contributed by atoms with Crippen LogP contribution in [0.4, 0.5) is 4.39 Å². The highest BCUT2D eigenvalue weighted by molar-refractivity contribution is 7.99. The largest absolute Gasteiger partial charge is 0.494 e. The summed E-state index contributed by atoms with van der Waals surface area (Å²) in [6.07, 6.45) is 0. The molecule has 0 saturated carbocycles. The number of aryl methyl sites for hydroxylation is 2. The topological polar surface area (TPSA) is 64.4 Å². The highest BCUT2D eigenvalue weighted by Gasteiger charge is 2.17. The summed E-state index contributed by atoms with van der Waals surface area (Å²) < 4.78 is 20.5. The van der Waals surface area contributed by atoms with E-state index in [0.717, 1.165) is 11.1 Å². The number of para-hydroxylation sites is 1. The number of rotatable bonds is 7. The minimum atomic E-state index is -0.474. The highest BCUT2D eigenvalue weighted by atomic mass is 32.2. The lowest BCUT2D eigenvalue weighted by atomic mass is 10.1. The van der Waals surface area contributed by atoms with Crippen LogP contribution in [0.25, 0.3) is 16.6 Å². The molecule has 180 valence electrons. The lowest BCUT2D eigenvalue weighted by Gasteiger charge is -2.18. The number of hydrogen-bond donors (Lipinski definition) is 0. The van der Waals surface area contributed by atoms with Crippen LogP contribution in [0.5, 0.6) is 5.75 Å². The van der Waals surface area contributed by atoms with Gasteiger partial charge >= 0.3 is 0 Å². The zero-order valence-electron chi connectivity index (χ0n) is 20.0. The van der Waals surface area contributed by atoms with Crippen LogP contribution in [0.3, 0.4) is 0 Å². The third-order valence-electron chi connectivity index (χ3n) is 5.60. The number of carbonyl (C=O) groups excluding carboxylic acids is 1. The van der Waals surface area contributed by atoms with Crippen molar-refractivity contribution in [1.82, 2.24) is 14.5 Å². The van der Waals surface area contributed by atoms with Crippen molar-refractivity contribution in [3.63, 3.8) is 0 Å². The zero-order valence-corrected chi connectivity index (χ0v) is 20.9. The van der Waals surface area contributed by atoms with Crippen molar-refractivity contribution >= 4 is 28.6 Å². The van der Waals surface area contributed by atoms with Gasteiger partial charge in [-0.25, -0.2) is 9.37 Å². The summed E-state index contributed by atoms with van der Waals surface area (Å²) in [6.45, 7) is 4.20. The molecule has 8 heteroatoms. The van der Waals surface area contributed by atoms with Crippen LogP contribution in [-0.4, -0.2) is 40.3 Å². The number of carbonyl (C=O) groups is 1. The Morgan fingerprint density at radius 2 is 1.80 bits per heavy atom. The summed E-state index contributed by atoms with van der Waals surface area (Å²) in [7, 11) is 3.07. The standard InChI is InChI=1S/C27H26FN3O3S/c1-17-11-18(2)13-20(12-17)31-26(33)21-7-5-6-8-23(21)29-27(31)35-16-25(32)30(3)15-19-9-10-24(34-4)22(28)14-19/h5-14H,15-16H2,1-4H3. The molecular weight excluding hydrogens is 465 g/mol. The molecule has 4 rings (SSSR count). The van der Waals surface area contributed by atoms with Crippen LogP contribution in [-0.2, 0) is 11.3 Å². The Morgan fingerprint density at radius 3 is 2.49 bits per heavy atom. The highest BCUT2D eigenvalue weighted by Crippen LogP contribution is 2.24. The first-order valence-corrected chi connectivity index (χ1v) is 12.0. The molecule has 0 N–H and O–H groups in total.